The summed E-state index contributed by atoms with van der Waals surface area (Å²) in [5, 5.41) is 0. The molecule has 17 heavy (non-hydrogen) atoms. The highest BCUT2D eigenvalue weighted by atomic mass is 16.5. The molecule has 2 heteroatoms. The van der Waals surface area contributed by atoms with Crippen molar-refractivity contribution in [1.29, 1.82) is 0 Å². The largest absolute Gasteiger partial charge is 0.385 e. The summed E-state index contributed by atoms with van der Waals surface area (Å²) in [4.78, 5) is 11.9. The first-order chi connectivity index (χ1) is 8.13. The fourth-order valence-corrected chi connectivity index (χ4v) is 1.84. The molecule has 0 saturated heterocycles. The number of rotatable bonds is 7. The van der Waals surface area contributed by atoms with Crippen LogP contribution in [-0.2, 0) is 16.0 Å². The number of aryl methyl sites for hydroxylation is 2. The fraction of sp³-hybridized carbons (Fsp3) is 0.533. The standard InChI is InChI=1S/C15H22O2/c1-12-5-4-6-14(11-12)7-8-15(16)13(2)9-10-17-3/h4-6,11,13H,7-10H2,1-3H3. The lowest BCUT2D eigenvalue weighted by molar-refractivity contribution is -0.122. The van der Waals surface area contributed by atoms with Gasteiger partial charge in [-0.3, -0.25) is 4.79 Å². The van der Waals surface area contributed by atoms with Crippen LogP contribution in [0.15, 0.2) is 24.3 Å². The maximum Gasteiger partial charge on any atom is 0.136 e. The predicted molar refractivity (Wildman–Crippen MR) is 70.2 cm³/mol. The summed E-state index contributed by atoms with van der Waals surface area (Å²) in [5.74, 6) is 0.448. The van der Waals surface area contributed by atoms with Gasteiger partial charge in [0.15, 0.2) is 0 Å². The van der Waals surface area contributed by atoms with Gasteiger partial charge in [0.1, 0.15) is 5.78 Å². The Balaban J connectivity index is 2.37. The van der Waals surface area contributed by atoms with Crippen molar-refractivity contribution < 1.29 is 9.53 Å². The molecule has 1 aromatic carbocycles. The van der Waals surface area contributed by atoms with Crippen molar-refractivity contribution in [3.05, 3.63) is 35.4 Å². The fourth-order valence-electron chi connectivity index (χ4n) is 1.84. The van der Waals surface area contributed by atoms with Crippen LogP contribution in [0, 0.1) is 12.8 Å². The van der Waals surface area contributed by atoms with Gasteiger partial charge in [0.05, 0.1) is 0 Å². The Kier molecular flexibility index (Phi) is 5.92. The SMILES string of the molecule is COCCC(C)C(=O)CCc1cccc(C)c1. The van der Waals surface area contributed by atoms with Crippen LogP contribution in [0.5, 0.6) is 0 Å². The first-order valence-electron chi connectivity index (χ1n) is 6.20. The van der Waals surface area contributed by atoms with Gasteiger partial charge in [-0.2, -0.15) is 0 Å². The van der Waals surface area contributed by atoms with Crippen molar-refractivity contribution in [2.45, 2.75) is 33.1 Å². The van der Waals surface area contributed by atoms with E-state index >= 15 is 0 Å². The molecule has 0 aliphatic carbocycles. The number of carbonyl (C=O) groups excluding carboxylic acids is 1. The minimum absolute atomic E-state index is 0.111. The third-order valence-electron chi connectivity index (χ3n) is 3.05. The van der Waals surface area contributed by atoms with E-state index in [4.69, 9.17) is 4.74 Å². The molecule has 0 amide bonds. The monoisotopic (exact) mass is 234 g/mol. The van der Waals surface area contributed by atoms with Gasteiger partial charge in [-0.15, -0.1) is 0 Å². The summed E-state index contributed by atoms with van der Waals surface area (Å²) >= 11 is 0. The van der Waals surface area contributed by atoms with Gasteiger partial charge in [-0.05, 0) is 25.3 Å². The third-order valence-corrected chi connectivity index (χ3v) is 3.05. The molecule has 1 atom stereocenters. The molecule has 0 aliphatic heterocycles. The van der Waals surface area contributed by atoms with Crippen LogP contribution in [0.25, 0.3) is 0 Å². The smallest absolute Gasteiger partial charge is 0.136 e. The first-order valence-corrected chi connectivity index (χ1v) is 6.20. The number of benzene rings is 1. The molecule has 0 aliphatic rings. The molecule has 1 unspecified atom stereocenters. The van der Waals surface area contributed by atoms with Gasteiger partial charge in [0, 0.05) is 26.1 Å². The van der Waals surface area contributed by atoms with Crippen LogP contribution in [0.1, 0.15) is 30.9 Å². The Morgan fingerprint density at radius 1 is 1.41 bits per heavy atom. The number of ether oxygens (including phenoxy) is 1. The van der Waals surface area contributed by atoms with E-state index < -0.39 is 0 Å². The molecule has 0 fully saturated rings. The quantitative estimate of drug-likeness (QED) is 0.724. The summed E-state index contributed by atoms with van der Waals surface area (Å²) in [6, 6.07) is 8.35. The molecule has 1 rings (SSSR count). The highest BCUT2D eigenvalue weighted by Crippen LogP contribution is 2.11. The van der Waals surface area contributed by atoms with Crippen molar-refractivity contribution in [1.82, 2.24) is 0 Å². The van der Waals surface area contributed by atoms with Crippen LogP contribution < -0.4 is 0 Å². The van der Waals surface area contributed by atoms with Crippen molar-refractivity contribution in [3.63, 3.8) is 0 Å². The number of carbonyl (C=O) groups is 1. The lowest BCUT2D eigenvalue weighted by Crippen LogP contribution is -2.13. The van der Waals surface area contributed by atoms with Crippen molar-refractivity contribution in [2.24, 2.45) is 5.92 Å². The second-order valence-corrected chi connectivity index (χ2v) is 4.64. The third kappa shape index (κ3) is 5.14. The highest BCUT2D eigenvalue weighted by Gasteiger charge is 2.12. The maximum atomic E-state index is 11.9. The Labute approximate surface area is 104 Å². The molecule has 0 N–H and O–H groups in total. The lowest BCUT2D eigenvalue weighted by Gasteiger charge is -2.09. The van der Waals surface area contributed by atoms with Crippen molar-refractivity contribution in [2.75, 3.05) is 13.7 Å². The van der Waals surface area contributed by atoms with E-state index in [0.717, 1.165) is 12.8 Å². The molecule has 0 spiro atoms. The Hall–Kier alpha value is -1.15. The zero-order valence-electron chi connectivity index (χ0n) is 11.0. The van der Waals surface area contributed by atoms with Crippen LogP contribution in [0.3, 0.4) is 0 Å². The summed E-state index contributed by atoms with van der Waals surface area (Å²) in [7, 11) is 1.67. The Bertz CT molecular complexity index is 358. The van der Waals surface area contributed by atoms with E-state index in [-0.39, 0.29) is 5.92 Å². The van der Waals surface area contributed by atoms with Crippen molar-refractivity contribution >= 4 is 5.78 Å². The average Bonchev–Trinajstić information content (AvgIpc) is 2.33. The number of hydrogen-bond acceptors (Lipinski definition) is 2. The van der Waals surface area contributed by atoms with Crippen LogP contribution >= 0.6 is 0 Å². The molecule has 94 valence electrons. The van der Waals surface area contributed by atoms with E-state index in [1.54, 1.807) is 7.11 Å². The molecule has 0 saturated carbocycles. The Morgan fingerprint density at radius 2 is 2.18 bits per heavy atom. The normalized spacial score (nSPS) is 12.4. The zero-order valence-corrected chi connectivity index (χ0v) is 11.0. The predicted octanol–water partition coefficient (Wildman–Crippen LogP) is 3.17. The lowest BCUT2D eigenvalue weighted by atomic mass is 9.97. The zero-order chi connectivity index (χ0) is 12.7. The number of Topliss-reactive ketones (excluding diaryl/α,β-unsaturated/α-hetero) is 1. The van der Waals surface area contributed by atoms with Crippen LogP contribution in [-0.4, -0.2) is 19.5 Å². The summed E-state index contributed by atoms with van der Waals surface area (Å²) in [5.41, 5.74) is 2.50. The molecule has 0 aromatic heterocycles. The number of methoxy groups -OCH3 is 1. The van der Waals surface area contributed by atoms with E-state index in [1.165, 1.54) is 11.1 Å². The van der Waals surface area contributed by atoms with Gasteiger partial charge in [0.25, 0.3) is 0 Å². The average molecular weight is 234 g/mol. The summed E-state index contributed by atoms with van der Waals surface area (Å²) in [6.45, 7) is 4.72. The topological polar surface area (TPSA) is 26.3 Å². The summed E-state index contributed by atoms with van der Waals surface area (Å²) < 4.78 is 4.99. The van der Waals surface area contributed by atoms with Gasteiger partial charge >= 0.3 is 0 Å². The van der Waals surface area contributed by atoms with E-state index in [0.29, 0.717) is 18.8 Å². The van der Waals surface area contributed by atoms with E-state index in [9.17, 15) is 4.79 Å². The Morgan fingerprint density at radius 3 is 2.82 bits per heavy atom. The maximum absolute atomic E-state index is 11.9. The minimum Gasteiger partial charge on any atom is -0.385 e. The van der Waals surface area contributed by atoms with Gasteiger partial charge in [0.2, 0.25) is 0 Å². The first kappa shape index (κ1) is 13.9. The van der Waals surface area contributed by atoms with E-state index in [2.05, 4.69) is 25.1 Å². The molecule has 0 radical (unpaired) electrons. The number of ketones is 1. The number of hydrogen-bond donors (Lipinski definition) is 0. The van der Waals surface area contributed by atoms with Gasteiger partial charge in [-0.1, -0.05) is 36.8 Å². The van der Waals surface area contributed by atoms with Crippen LogP contribution in [0.2, 0.25) is 0 Å². The second-order valence-electron chi connectivity index (χ2n) is 4.64. The van der Waals surface area contributed by atoms with Gasteiger partial charge in [-0.25, -0.2) is 0 Å². The highest BCUT2D eigenvalue weighted by molar-refractivity contribution is 5.80. The van der Waals surface area contributed by atoms with Gasteiger partial charge < -0.3 is 4.74 Å². The molecule has 1 aromatic rings. The molecule has 2 nitrogen and oxygen atoms in total. The molecule has 0 heterocycles. The second kappa shape index (κ2) is 7.23. The van der Waals surface area contributed by atoms with Crippen LogP contribution in [0.4, 0.5) is 0 Å². The molecule has 0 bridgehead atoms. The van der Waals surface area contributed by atoms with Crippen molar-refractivity contribution in [3.8, 4) is 0 Å². The minimum atomic E-state index is 0.111. The van der Waals surface area contributed by atoms with E-state index in [1.807, 2.05) is 13.0 Å². The molecular weight excluding hydrogens is 212 g/mol. The molecular formula is C15H22O2. The summed E-state index contributed by atoms with van der Waals surface area (Å²) in [6.07, 6.45) is 2.30.